The van der Waals surface area contributed by atoms with Crippen LogP contribution in [0.5, 0.6) is 5.75 Å². The summed E-state index contributed by atoms with van der Waals surface area (Å²) in [5.41, 5.74) is 3.68. The maximum Gasteiger partial charge on any atom is 0.167 e. The van der Waals surface area contributed by atoms with Crippen molar-refractivity contribution in [2.75, 3.05) is 6.61 Å². The number of pyridine rings is 1. The third-order valence-corrected chi connectivity index (χ3v) is 3.98. The molecule has 2 heterocycles. The Morgan fingerprint density at radius 2 is 2.24 bits per heavy atom. The molecule has 0 fully saturated rings. The van der Waals surface area contributed by atoms with Crippen LogP contribution in [0.4, 0.5) is 0 Å². The van der Waals surface area contributed by atoms with E-state index in [1.807, 2.05) is 19.1 Å². The van der Waals surface area contributed by atoms with Crippen LogP contribution in [0.1, 0.15) is 34.0 Å². The van der Waals surface area contributed by atoms with Gasteiger partial charge in [-0.25, -0.2) is 0 Å². The van der Waals surface area contributed by atoms with Crippen molar-refractivity contribution in [3.63, 3.8) is 0 Å². The summed E-state index contributed by atoms with van der Waals surface area (Å²) < 4.78 is 5.65. The molecule has 0 unspecified atom stereocenters. The van der Waals surface area contributed by atoms with Crippen LogP contribution >= 0.6 is 11.6 Å². The number of benzene rings is 1. The van der Waals surface area contributed by atoms with Crippen molar-refractivity contribution in [1.29, 1.82) is 0 Å². The normalized spacial score (nSPS) is 12.9. The molecular formula is C17H16ClNO2. The van der Waals surface area contributed by atoms with Gasteiger partial charge in [-0.05, 0) is 35.7 Å². The lowest BCUT2D eigenvalue weighted by Crippen LogP contribution is -2.08. The van der Waals surface area contributed by atoms with Crippen molar-refractivity contribution in [3.8, 4) is 5.75 Å². The van der Waals surface area contributed by atoms with Crippen molar-refractivity contribution in [2.45, 2.75) is 26.2 Å². The van der Waals surface area contributed by atoms with Gasteiger partial charge in [0.25, 0.3) is 0 Å². The molecule has 0 aliphatic carbocycles. The Hall–Kier alpha value is -1.87. The van der Waals surface area contributed by atoms with Crippen molar-refractivity contribution >= 4 is 17.4 Å². The average Bonchev–Trinajstić information content (AvgIpc) is 2.95. The Labute approximate surface area is 128 Å². The Morgan fingerprint density at radius 1 is 1.38 bits per heavy atom. The molecule has 108 valence electrons. The van der Waals surface area contributed by atoms with E-state index in [2.05, 4.69) is 4.98 Å². The number of fused-ring (bicyclic) bond motifs is 1. The third-order valence-electron chi connectivity index (χ3n) is 3.76. The van der Waals surface area contributed by atoms with Crippen LogP contribution in [0, 0.1) is 0 Å². The maximum atomic E-state index is 12.6. The van der Waals surface area contributed by atoms with Gasteiger partial charge < -0.3 is 4.74 Å². The molecule has 0 saturated carbocycles. The predicted octanol–water partition coefficient (Wildman–Crippen LogP) is 3.66. The summed E-state index contributed by atoms with van der Waals surface area (Å²) in [6, 6.07) is 5.53. The second-order valence-corrected chi connectivity index (χ2v) is 5.57. The molecule has 2 aromatic rings. The predicted molar refractivity (Wildman–Crippen MR) is 82.3 cm³/mol. The van der Waals surface area contributed by atoms with Gasteiger partial charge in [-0.15, -0.1) is 0 Å². The summed E-state index contributed by atoms with van der Waals surface area (Å²) in [6.07, 6.45) is 5.36. The van der Waals surface area contributed by atoms with Crippen LogP contribution in [0.2, 0.25) is 5.02 Å². The molecule has 0 bridgehead atoms. The number of carbonyl (C=O) groups excluding carboxylic acids is 1. The summed E-state index contributed by atoms with van der Waals surface area (Å²) >= 11 is 6.14. The largest absolute Gasteiger partial charge is 0.493 e. The van der Waals surface area contributed by atoms with E-state index in [1.54, 1.807) is 18.5 Å². The number of hydrogen-bond acceptors (Lipinski definition) is 3. The van der Waals surface area contributed by atoms with Crippen LogP contribution in [0.25, 0.3) is 0 Å². The van der Waals surface area contributed by atoms with Gasteiger partial charge in [-0.1, -0.05) is 18.5 Å². The summed E-state index contributed by atoms with van der Waals surface area (Å²) in [4.78, 5) is 16.7. The average molecular weight is 302 g/mol. The fraction of sp³-hybridized carbons (Fsp3) is 0.294. The van der Waals surface area contributed by atoms with Gasteiger partial charge >= 0.3 is 0 Å². The molecule has 3 nitrogen and oxygen atoms in total. The highest BCUT2D eigenvalue weighted by atomic mass is 35.5. The molecule has 0 saturated heterocycles. The number of carbonyl (C=O) groups is 1. The third kappa shape index (κ3) is 2.79. The van der Waals surface area contributed by atoms with Crippen molar-refractivity contribution < 1.29 is 9.53 Å². The fourth-order valence-electron chi connectivity index (χ4n) is 2.73. The Kier molecular flexibility index (Phi) is 3.93. The molecule has 3 rings (SSSR count). The van der Waals surface area contributed by atoms with Crippen LogP contribution in [-0.2, 0) is 19.3 Å². The number of aryl methyl sites for hydroxylation is 1. The van der Waals surface area contributed by atoms with Gasteiger partial charge in [-0.2, -0.15) is 0 Å². The summed E-state index contributed by atoms with van der Waals surface area (Å²) in [5.74, 6) is 0.911. The van der Waals surface area contributed by atoms with E-state index in [9.17, 15) is 4.79 Å². The highest BCUT2D eigenvalue weighted by molar-refractivity contribution is 6.30. The molecule has 1 aromatic carbocycles. The smallest absolute Gasteiger partial charge is 0.167 e. The van der Waals surface area contributed by atoms with Crippen molar-refractivity contribution in [1.82, 2.24) is 4.98 Å². The Balaban J connectivity index is 1.92. The van der Waals surface area contributed by atoms with Gasteiger partial charge in [-0.3, -0.25) is 9.78 Å². The zero-order chi connectivity index (χ0) is 14.8. The van der Waals surface area contributed by atoms with Gasteiger partial charge in [0.05, 0.1) is 6.61 Å². The maximum absolute atomic E-state index is 12.6. The van der Waals surface area contributed by atoms with E-state index in [-0.39, 0.29) is 5.78 Å². The minimum atomic E-state index is 0.0780. The summed E-state index contributed by atoms with van der Waals surface area (Å²) in [6.45, 7) is 2.68. The molecule has 1 aliphatic heterocycles. The summed E-state index contributed by atoms with van der Waals surface area (Å²) in [7, 11) is 0. The number of Topliss-reactive ketones (excluding diaryl/α,β-unsaturated/α-hetero) is 1. The molecule has 0 radical (unpaired) electrons. The second kappa shape index (κ2) is 5.86. The molecule has 0 atom stereocenters. The Bertz CT molecular complexity index is 697. The van der Waals surface area contributed by atoms with E-state index in [0.717, 1.165) is 40.8 Å². The number of hydrogen-bond donors (Lipinski definition) is 0. The first-order chi connectivity index (χ1) is 10.2. The first-order valence-electron chi connectivity index (χ1n) is 7.09. The van der Waals surface area contributed by atoms with Crippen molar-refractivity contribution in [3.05, 3.63) is 57.9 Å². The van der Waals surface area contributed by atoms with Gasteiger partial charge in [0.2, 0.25) is 0 Å². The van der Waals surface area contributed by atoms with E-state index >= 15 is 0 Å². The topological polar surface area (TPSA) is 39.2 Å². The van der Waals surface area contributed by atoms with Gasteiger partial charge in [0.1, 0.15) is 5.75 Å². The minimum absolute atomic E-state index is 0.0780. The quantitative estimate of drug-likeness (QED) is 0.809. The standard InChI is InChI=1S/C17H16ClNO2/c1-2-11-10-19-5-3-15(11)16(20)9-13-8-14(18)7-12-4-6-21-17(12)13/h3,5,7-8,10H,2,4,6,9H2,1H3. The van der Waals surface area contributed by atoms with Crippen molar-refractivity contribution in [2.24, 2.45) is 0 Å². The number of aromatic nitrogens is 1. The molecular weight excluding hydrogens is 286 g/mol. The molecule has 1 aliphatic rings. The van der Waals surface area contributed by atoms with Crippen LogP contribution in [0.15, 0.2) is 30.6 Å². The van der Waals surface area contributed by atoms with E-state index in [4.69, 9.17) is 16.3 Å². The van der Waals surface area contributed by atoms with Crippen LogP contribution < -0.4 is 4.74 Å². The highest BCUT2D eigenvalue weighted by Crippen LogP contribution is 2.33. The lowest BCUT2D eigenvalue weighted by atomic mass is 9.97. The molecule has 0 amide bonds. The van der Waals surface area contributed by atoms with Gasteiger partial charge in [0.15, 0.2) is 5.78 Å². The molecule has 0 N–H and O–H groups in total. The molecule has 4 heteroatoms. The number of ether oxygens (including phenoxy) is 1. The number of rotatable bonds is 4. The number of nitrogens with zero attached hydrogens (tertiary/aromatic N) is 1. The van der Waals surface area contributed by atoms with E-state index in [0.29, 0.717) is 18.1 Å². The number of halogens is 1. The highest BCUT2D eigenvalue weighted by Gasteiger charge is 2.20. The Morgan fingerprint density at radius 3 is 3.05 bits per heavy atom. The summed E-state index contributed by atoms with van der Waals surface area (Å²) in [5, 5.41) is 0.660. The van der Waals surface area contributed by atoms with E-state index in [1.165, 1.54) is 0 Å². The molecule has 21 heavy (non-hydrogen) atoms. The zero-order valence-electron chi connectivity index (χ0n) is 11.9. The van der Waals surface area contributed by atoms with E-state index < -0.39 is 0 Å². The first kappa shape index (κ1) is 14.1. The zero-order valence-corrected chi connectivity index (χ0v) is 12.6. The second-order valence-electron chi connectivity index (χ2n) is 5.14. The van der Waals surface area contributed by atoms with Gasteiger partial charge in [0, 0.05) is 41.4 Å². The molecule has 0 spiro atoms. The minimum Gasteiger partial charge on any atom is -0.493 e. The lowest BCUT2D eigenvalue weighted by Gasteiger charge is -2.10. The molecule has 1 aromatic heterocycles. The van der Waals surface area contributed by atoms with Crippen LogP contribution in [-0.4, -0.2) is 17.4 Å². The van der Waals surface area contributed by atoms with Crippen LogP contribution in [0.3, 0.4) is 0 Å². The fourth-order valence-corrected chi connectivity index (χ4v) is 2.99. The lowest BCUT2D eigenvalue weighted by molar-refractivity contribution is 0.0991. The number of ketones is 1. The first-order valence-corrected chi connectivity index (χ1v) is 7.47. The monoisotopic (exact) mass is 301 g/mol. The SMILES string of the molecule is CCc1cnccc1C(=O)Cc1cc(Cl)cc2c1OCC2.